The maximum atomic E-state index is 12.5. The molecule has 4 heteroatoms. The van der Waals surface area contributed by atoms with Gasteiger partial charge in [-0.2, -0.15) is 0 Å². The number of carbonyl (C=O) groups excluding carboxylic acids is 1. The Labute approximate surface area is 131 Å². The highest BCUT2D eigenvalue weighted by atomic mass is 35.5. The van der Waals surface area contributed by atoms with Gasteiger partial charge < -0.3 is 9.64 Å². The van der Waals surface area contributed by atoms with E-state index in [4.69, 9.17) is 16.3 Å². The van der Waals surface area contributed by atoms with Gasteiger partial charge in [0.15, 0.2) is 5.78 Å². The molecule has 1 aromatic carbocycles. The average Bonchev–Trinajstić information content (AvgIpc) is 2.63. The second-order valence-corrected chi connectivity index (χ2v) is 6.95. The number of ketones is 1. The minimum Gasteiger partial charge on any atom is -0.486 e. The number of nitrogens with zero attached hydrogens (tertiary/aromatic N) is 1. The lowest BCUT2D eigenvalue weighted by Crippen LogP contribution is -2.43. The summed E-state index contributed by atoms with van der Waals surface area (Å²) < 4.78 is 6.29. The lowest BCUT2D eigenvalue weighted by molar-refractivity contribution is 0.0294. The molecular formula is C17H22ClNO2. The summed E-state index contributed by atoms with van der Waals surface area (Å²) in [6, 6.07) is 5.90. The summed E-state index contributed by atoms with van der Waals surface area (Å²) in [6.07, 6.45) is 3.42. The smallest absolute Gasteiger partial charge is 0.170 e. The van der Waals surface area contributed by atoms with Gasteiger partial charge in [-0.25, -0.2) is 0 Å². The number of carbonyl (C=O) groups is 1. The fraction of sp³-hybridized carbons (Fsp3) is 0.588. The van der Waals surface area contributed by atoms with E-state index in [9.17, 15) is 4.79 Å². The third-order valence-corrected chi connectivity index (χ3v) is 4.95. The third kappa shape index (κ3) is 2.95. The first kappa shape index (κ1) is 14.9. The number of fused-ring (bicyclic) bond motifs is 1. The quantitative estimate of drug-likeness (QED) is 0.787. The fourth-order valence-corrected chi connectivity index (χ4v) is 3.62. The van der Waals surface area contributed by atoms with E-state index in [0.29, 0.717) is 28.8 Å². The van der Waals surface area contributed by atoms with Crippen LogP contribution in [0.1, 0.15) is 49.9 Å². The average molecular weight is 308 g/mol. The monoisotopic (exact) mass is 307 g/mol. The molecule has 0 N–H and O–H groups in total. The molecule has 2 heterocycles. The lowest BCUT2D eigenvalue weighted by Gasteiger charge is -2.37. The van der Waals surface area contributed by atoms with Gasteiger partial charge in [0.05, 0.1) is 12.0 Å². The molecule has 0 saturated carbocycles. The van der Waals surface area contributed by atoms with Crippen molar-refractivity contribution in [3.63, 3.8) is 0 Å². The van der Waals surface area contributed by atoms with Gasteiger partial charge in [0.25, 0.3) is 0 Å². The molecule has 0 bridgehead atoms. The summed E-state index contributed by atoms with van der Waals surface area (Å²) in [4.78, 5) is 15.0. The summed E-state index contributed by atoms with van der Waals surface area (Å²) >= 11 is 5.98. The molecule has 0 aliphatic carbocycles. The Morgan fingerprint density at radius 3 is 2.86 bits per heavy atom. The molecule has 2 aliphatic rings. The SMILES string of the molecule is CC(C)N1CCCC2(CC1)CC(=O)c1cc(Cl)ccc1O2. The molecule has 1 aromatic rings. The number of likely N-dealkylation sites (tertiary alicyclic amines) is 1. The third-order valence-electron chi connectivity index (χ3n) is 4.71. The first-order chi connectivity index (χ1) is 9.99. The largest absolute Gasteiger partial charge is 0.486 e. The molecule has 2 aliphatic heterocycles. The highest BCUT2D eigenvalue weighted by Gasteiger charge is 2.41. The Bertz CT molecular complexity index is 558. The second kappa shape index (κ2) is 5.62. The zero-order chi connectivity index (χ0) is 15.0. The standard InChI is InChI=1S/C17H22ClNO2/c1-12(2)19-8-3-6-17(7-9-19)11-15(20)14-10-13(18)4-5-16(14)21-17/h4-5,10,12H,3,6-9,11H2,1-2H3. The molecule has 3 nitrogen and oxygen atoms in total. The van der Waals surface area contributed by atoms with Crippen LogP contribution >= 0.6 is 11.6 Å². The predicted octanol–water partition coefficient (Wildman–Crippen LogP) is 3.94. The lowest BCUT2D eigenvalue weighted by atomic mass is 9.84. The van der Waals surface area contributed by atoms with Gasteiger partial charge in [0.1, 0.15) is 11.4 Å². The van der Waals surface area contributed by atoms with Gasteiger partial charge >= 0.3 is 0 Å². The highest BCUT2D eigenvalue weighted by Crippen LogP contribution is 2.40. The molecule has 1 fully saturated rings. The molecule has 3 rings (SSSR count). The molecule has 21 heavy (non-hydrogen) atoms. The number of benzene rings is 1. The van der Waals surface area contributed by atoms with Crippen LogP contribution in [0.3, 0.4) is 0 Å². The Hall–Kier alpha value is -1.06. The first-order valence-electron chi connectivity index (χ1n) is 7.75. The molecule has 0 radical (unpaired) electrons. The molecule has 1 atom stereocenters. The summed E-state index contributed by atoms with van der Waals surface area (Å²) in [5.74, 6) is 0.866. The van der Waals surface area contributed by atoms with Crippen LogP contribution < -0.4 is 4.74 Å². The predicted molar refractivity (Wildman–Crippen MR) is 84.3 cm³/mol. The Morgan fingerprint density at radius 1 is 1.29 bits per heavy atom. The molecule has 0 amide bonds. The minimum absolute atomic E-state index is 0.164. The number of ether oxygens (including phenoxy) is 1. The van der Waals surface area contributed by atoms with Crippen molar-refractivity contribution in [2.24, 2.45) is 0 Å². The van der Waals surface area contributed by atoms with Crippen LogP contribution in [0.25, 0.3) is 0 Å². The highest BCUT2D eigenvalue weighted by molar-refractivity contribution is 6.31. The van der Waals surface area contributed by atoms with Gasteiger partial charge in [-0.05, 0) is 51.4 Å². The van der Waals surface area contributed by atoms with Gasteiger partial charge in [-0.15, -0.1) is 0 Å². The summed E-state index contributed by atoms with van der Waals surface area (Å²) in [5, 5.41) is 0.591. The van der Waals surface area contributed by atoms with E-state index >= 15 is 0 Å². The van der Waals surface area contributed by atoms with Crippen molar-refractivity contribution in [3.05, 3.63) is 28.8 Å². The molecule has 1 saturated heterocycles. The summed E-state index contributed by atoms with van der Waals surface area (Å²) in [6.45, 7) is 6.53. The van der Waals surface area contributed by atoms with Crippen LogP contribution in [0.5, 0.6) is 5.75 Å². The summed E-state index contributed by atoms with van der Waals surface area (Å²) in [7, 11) is 0. The Kier molecular flexibility index (Phi) is 3.98. The van der Waals surface area contributed by atoms with Crippen molar-refractivity contribution < 1.29 is 9.53 Å². The molecule has 114 valence electrons. The zero-order valence-corrected chi connectivity index (χ0v) is 13.4. The van der Waals surface area contributed by atoms with Crippen molar-refractivity contribution in [2.45, 2.75) is 51.2 Å². The van der Waals surface area contributed by atoms with Crippen LogP contribution in [-0.4, -0.2) is 35.4 Å². The Morgan fingerprint density at radius 2 is 2.10 bits per heavy atom. The van der Waals surface area contributed by atoms with Crippen molar-refractivity contribution in [1.29, 1.82) is 0 Å². The molecule has 1 unspecified atom stereocenters. The van der Waals surface area contributed by atoms with Gasteiger partial charge in [-0.1, -0.05) is 11.6 Å². The number of hydrogen-bond donors (Lipinski definition) is 0. The zero-order valence-electron chi connectivity index (χ0n) is 12.7. The van der Waals surface area contributed by atoms with Crippen molar-refractivity contribution in [2.75, 3.05) is 13.1 Å². The van der Waals surface area contributed by atoms with Crippen LogP contribution in [0.2, 0.25) is 5.02 Å². The maximum absolute atomic E-state index is 12.5. The fourth-order valence-electron chi connectivity index (χ4n) is 3.45. The van der Waals surface area contributed by atoms with E-state index in [2.05, 4.69) is 18.7 Å². The van der Waals surface area contributed by atoms with Crippen LogP contribution in [0, 0.1) is 0 Å². The second-order valence-electron chi connectivity index (χ2n) is 6.51. The van der Waals surface area contributed by atoms with Gasteiger partial charge in [0.2, 0.25) is 0 Å². The number of rotatable bonds is 1. The van der Waals surface area contributed by atoms with Crippen molar-refractivity contribution in [1.82, 2.24) is 4.90 Å². The number of Topliss-reactive ketones (excluding diaryl/α,β-unsaturated/α-hetero) is 1. The first-order valence-corrected chi connectivity index (χ1v) is 8.13. The number of hydrogen-bond acceptors (Lipinski definition) is 3. The van der Waals surface area contributed by atoms with Crippen LogP contribution in [0.4, 0.5) is 0 Å². The number of halogens is 1. The van der Waals surface area contributed by atoms with E-state index in [1.165, 1.54) is 0 Å². The minimum atomic E-state index is -0.318. The van der Waals surface area contributed by atoms with Crippen molar-refractivity contribution >= 4 is 17.4 Å². The molecule has 1 spiro atoms. The van der Waals surface area contributed by atoms with E-state index in [0.717, 1.165) is 32.4 Å². The van der Waals surface area contributed by atoms with Gasteiger partial charge in [-0.3, -0.25) is 4.79 Å². The molecule has 0 aromatic heterocycles. The molecular weight excluding hydrogens is 286 g/mol. The van der Waals surface area contributed by atoms with E-state index in [-0.39, 0.29) is 11.4 Å². The topological polar surface area (TPSA) is 29.5 Å². The van der Waals surface area contributed by atoms with Crippen LogP contribution in [0.15, 0.2) is 18.2 Å². The van der Waals surface area contributed by atoms with E-state index in [1.54, 1.807) is 12.1 Å². The van der Waals surface area contributed by atoms with Crippen LogP contribution in [-0.2, 0) is 0 Å². The van der Waals surface area contributed by atoms with Gasteiger partial charge in [0, 0.05) is 24.0 Å². The van der Waals surface area contributed by atoms with Crippen molar-refractivity contribution in [3.8, 4) is 5.75 Å². The van der Waals surface area contributed by atoms with E-state index < -0.39 is 0 Å². The Balaban J connectivity index is 1.84. The summed E-state index contributed by atoms with van der Waals surface area (Å²) in [5.41, 5.74) is 0.319. The normalized spacial score (nSPS) is 26.6. The maximum Gasteiger partial charge on any atom is 0.170 e. The van der Waals surface area contributed by atoms with E-state index in [1.807, 2.05) is 6.07 Å².